The van der Waals surface area contributed by atoms with E-state index in [0.29, 0.717) is 11.8 Å². The maximum atomic E-state index is 6.30. The molecule has 10 heterocycles. The van der Waals surface area contributed by atoms with Gasteiger partial charge < -0.3 is 48.7 Å². The number of para-hydroxylation sites is 2. The Hall–Kier alpha value is -14.0. The first-order valence-electron chi connectivity index (χ1n) is 47.5. The third kappa shape index (κ3) is 30.8. The molecule has 0 amide bonds. The zero-order chi connectivity index (χ0) is 97.4. The van der Waals surface area contributed by atoms with Gasteiger partial charge in [0.15, 0.2) is 0 Å². The SMILES string of the molecule is CC(C)(C)c1ccnc(-c2[c-]ccc(-c3ccccc3)c2)c1.CC(C)Cc1cccc2c1oc1c(-c3ccccn3)[c-]ccc12.CC(C)Cc1cccc2c1oc1c(-c3ccccn3)[c-]ccc12.CCc1cc(-c2[c-]cccc2)ncc1-c1ccccc1.Cc1ccc(-c2[c-]cccc2)nc1.Cc1ccc(-c2[c-]cccc2)nc1.Cc1ccc(-c2[c-]cccc2)nc1.Cc1ccc(-c2[c-]cccc2)nc1.[Ir].[Ir].[Ir].[Ir]. The van der Waals surface area contributed by atoms with Crippen molar-refractivity contribution < 1.29 is 89.3 Å². The maximum absolute atomic E-state index is 6.30. The number of furan rings is 2. The number of hydrogen-bond donors (Lipinski definition) is 0. The van der Waals surface area contributed by atoms with Crippen LogP contribution >= 0.6 is 0 Å². The number of fused-ring (bicyclic) bond motifs is 6. The van der Waals surface area contributed by atoms with E-state index in [2.05, 4.69) is 295 Å². The third-order valence-electron chi connectivity index (χ3n) is 23.0. The molecule has 0 saturated heterocycles. The molecule has 22 rings (SSSR count). The molecule has 0 spiro atoms. The molecule has 22 aromatic rings. The molecule has 4 radical (unpaired) electrons. The Morgan fingerprint density at radius 1 is 0.257 bits per heavy atom. The number of pyridine rings is 8. The van der Waals surface area contributed by atoms with Crippen molar-refractivity contribution in [1.82, 2.24) is 39.9 Å². The average Bonchev–Trinajstić information content (AvgIpc) is 1.61. The number of rotatable bonds is 15. The van der Waals surface area contributed by atoms with E-state index in [1.807, 2.05) is 277 Å². The predicted molar refractivity (Wildman–Crippen MR) is 578 cm³/mol. The van der Waals surface area contributed by atoms with Gasteiger partial charge in [-0.3, -0.25) is 0 Å². The van der Waals surface area contributed by atoms with Crippen LogP contribution in [0.25, 0.3) is 156 Å². The Bertz CT molecular complexity index is 7110. The molecule has 0 aliphatic rings. The molecule has 12 aromatic carbocycles. The minimum atomic E-state index is 0. The topological polar surface area (TPSA) is 129 Å². The van der Waals surface area contributed by atoms with Crippen molar-refractivity contribution in [2.75, 3.05) is 0 Å². The standard InChI is InChI=1S/2C21H18NO.C21H20N.C19H16N.4C12H10N.4Ir/c2*1-14(2)13-15-7-5-8-16-17-9-6-10-18(21(17)23-20(15)16)19-11-3-4-12-22-19;1-21(2,3)19-12-13-22-20(15-19)18-11-7-10-17(14-18)16-8-5-4-6-9-16;1-2-15-13-19(17-11-7-4-8-12-17)20-14-18(15)16-9-5-3-6-10-16;4*1-10-7-8-12(13-9-10)11-5-3-2-4-6-11;;;;/h2*3-9,11-12,14H,13H2,1-2H3;4-10,12-15H,1-3H3;3-11,13-14H,2H2,1H3;4*2-5,7-9H,1H3;;;;/q8*-1;;;;. The Morgan fingerprint density at radius 3 is 0.958 bits per heavy atom. The molecule has 10 nitrogen and oxygen atoms in total. The Morgan fingerprint density at radius 2 is 0.604 bits per heavy atom. The minimum Gasteiger partial charge on any atom is -0.500 e. The summed E-state index contributed by atoms with van der Waals surface area (Å²) in [6.07, 6.45) is 18.0. The van der Waals surface area contributed by atoms with Gasteiger partial charge >= 0.3 is 0 Å². The molecule has 728 valence electrons. The van der Waals surface area contributed by atoms with E-state index in [0.717, 1.165) is 142 Å². The number of aromatic nitrogens is 8. The zero-order valence-corrected chi connectivity index (χ0v) is 92.3. The fourth-order valence-electron chi connectivity index (χ4n) is 15.8. The first-order chi connectivity index (χ1) is 68.3. The summed E-state index contributed by atoms with van der Waals surface area (Å²) < 4.78 is 12.6. The van der Waals surface area contributed by atoms with Crippen LogP contribution in [0, 0.1) is 88.1 Å². The number of nitrogens with zero attached hydrogens (tertiary/aromatic N) is 8. The van der Waals surface area contributed by atoms with Crippen molar-refractivity contribution in [3.8, 4) is 112 Å². The van der Waals surface area contributed by atoms with Crippen molar-refractivity contribution >= 4 is 43.9 Å². The van der Waals surface area contributed by atoms with E-state index in [1.54, 1.807) is 12.4 Å². The summed E-state index contributed by atoms with van der Waals surface area (Å²) in [6.45, 7) is 25.9. The molecule has 0 aliphatic carbocycles. The van der Waals surface area contributed by atoms with Crippen molar-refractivity contribution in [3.05, 3.63) is 507 Å². The van der Waals surface area contributed by atoms with Crippen molar-refractivity contribution in [3.63, 3.8) is 0 Å². The van der Waals surface area contributed by atoms with Gasteiger partial charge in [0.05, 0.1) is 11.2 Å². The molecule has 0 aliphatic heterocycles. The van der Waals surface area contributed by atoms with Gasteiger partial charge in [-0.25, -0.2) is 0 Å². The van der Waals surface area contributed by atoms with E-state index < -0.39 is 0 Å². The molecule has 0 N–H and O–H groups in total. The number of benzene rings is 12. The minimum absolute atomic E-state index is 0. The van der Waals surface area contributed by atoms with Gasteiger partial charge in [-0.05, 0) is 184 Å². The van der Waals surface area contributed by atoms with Crippen LogP contribution < -0.4 is 0 Å². The second-order valence-electron chi connectivity index (χ2n) is 35.9. The second-order valence-corrected chi connectivity index (χ2v) is 35.9. The number of hydrogen-bond acceptors (Lipinski definition) is 10. The largest absolute Gasteiger partial charge is 0.500 e. The first kappa shape index (κ1) is 110. The van der Waals surface area contributed by atoms with Gasteiger partial charge in [0.1, 0.15) is 11.2 Å². The molecule has 0 fully saturated rings. The van der Waals surface area contributed by atoms with Crippen LogP contribution in [-0.4, -0.2) is 39.9 Å². The van der Waals surface area contributed by atoms with Crippen LogP contribution in [0.2, 0.25) is 0 Å². The molecular formula is C130H112Ir4N8O2-8. The molecular weight excluding hydrogens is 2470 g/mol. The Labute approximate surface area is 903 Å². The quantitative estimate of drug-likeness (QED) is 0.0915. The van der Waals surface area contributed by atoms with Crippen LogP contribution in [0.15, 0.2) is 422 Å². The van der Waals surface area contributed by atoms with Crippen molar-refractivity contribution in [2.24, 2.45) is 11.8 Å². The molecule has 0 bridgehead atoms. The fraction of sp³-hybridized carbons (Fsp3) is 0.138. The van der Waals surface area contributed by atoms with Crippen LogP contribution in [-0.2, 0) is 105 Å². The van der Waals surface area contributed by atoms with Gasteiger partial charge in [-0.1, -0.05) is 259 Å². The molecule has 0 saturated carbocycles. The Kier molecular flexibility index (Phi) is 42.6. The summed E-state index contributed by atoms with van der Waals surface area (Å²) >= 11 is 0. The normalized spacial score (nSPS) is 10.5. The summed E-state index contributed by atoms with van der Waals surface area (Å²) in [7, 11) is 0. The molecule has 0 unspecified atom stereocenters. The van der Waals surface area contributed by atoms with Gasteiger partial charge in [0, 0.05) is 146 Å². The fourth-order valence-corrected chi connectivity index (χ4v) is 15.8. The van der Waals surface area contributed by atoms with Gasteiger partial charge in [0.25, 0.3) is 0 Å². The monoisotopic (exact) mass is 2590 g/mol. The molecule has 10 aromatic heterocycles. The van der Waals surface area contributed by atoms with E-state index in [9.17, 15) is 0 Å². The molecule has 14 heteroatoms. The zero-order valence-electron chi connectivity index (χ0n) is 82.8. The van der Waals surface area contributed by atoms with Gasteiger partial charge in [0.2, 0.25) is 0 Å². The van der Waals surface area contributed by atoms with Crippen molar-refractivity contribution in [1.29, 1.82) is 0 Å². The van der Waals surface area contributed by atoms with E-state index in [-0.39, 0.29) is 85.8 Å². The summed E-state index contributed by atoms with van der Waals surface area (Å²) in [6, 6.07) is 148. The molecule has 0 atom stereocenters. The summed E-state index contributed by atoms with van der Waals surface area (Å²) in [5.41, 5.74) is 34.3. The second kappa shape index (κ2) is 55.6. The predicted octanol–water partition coefficient (Wildman–Crippen LogP) is 33.0. The number of aryl methyl sites for hydroxylation is 5. The first-order valence-corrected chi connectivity index (χ1v) is 47.5. The smallest absolute Gasteiger partial charge is 0.124 e. The summed E-state index contributed by atoms with van der Waals surface area (Å²) in [4.78, 5) is 35.3. The molecule has 144 heavy (non-hydrogen) atoms. The van der Waals surface area contributed by atoms with E-state index >= 15 is 0 Å². The third-order valence-corrected chi connectivity index (χ3v) is 23.0. The summed E-state index contributed by atoms with van der Waals surface area (Å²) in [5.74, 6) is 1.19. The van der Waals surface area contributed by atoms with Crippen LogP contribution in [0.5, 0.6) is 0 Å². The van der Waals surface area contributed by atoms with Crippen LogP contribution in [0.4, 0.5) is 0 Å². The van der Waals surface area contributed by atoms with Gasteiger partial charge in [-0.2, -0.15) is 0 Å². The van der Waals surface area contributed by atoms with Crippen LogP contribution in [0.3, 0.4) is 0 Å². The van der Waals surface area contributed by atoms with E-state index in [1.165, 1.54) is 77.5 Å². The maximum Gasteiger partial charge on any atom is 0.124 e. The van der Waals surface area contributed by atoms with Gasteiger partial charge in [-0.15, -0.1) is 251 Å². The van der Waals surface area contributed by atoms with Crippen LogP contribution in [0.1, 0.15) is 99.9 Å². The summed E-state index contributed by atoms with van der Waals surface area (Å²) in [5, 5.41) is 4.60. The van der Waals surface area contributed by atoms with E-state index in [4.69, 9.17) is 8.83 Å². The van der Waals surface area contributed by atoms with Crippen molar-refractivity contribution in [2.45, 2.75) is 108 Å². The average molecular weight is 2590 g/mol. The Balaban J connectivity index is 0.000000158.